The molecule has 1 amide bonds. The van der Waals surface area contributed by atoms with Crippen molar-refractivity contribution in [1.29, 1.82) is 5.26 Å². The molecule has 1 atom stereocenters. The standard InChI is InChI=1S/C18H15BrF2N2O2/c1-25-17-6-2-11(8-14(17)19)3-7-18(24)23-16(10-22)13-5-4-12(20)9-15(13)21/h2,4-6,8-9,16H,3,7H2,1H3,(H,23,24). The summed E-state index contributed by atoms with van der Waals surface area (Å²) in [6.45, 7) is 0. The van der Waals surface area contributed by atoms with Crippen molar-refractivity contribution in [2.24, 2.45) is 0 Å². The first-order valence-electron chi connectivity index (χ1n) is 7.41. The third kappa shape index (κ3) is 5.00. The second-order valence-electron chi connectivity index (χ2n) is 5.26. The monoisotopic (exact) mass is 408 g/mol. The van der Waals surface area contributed by atoms with Gasteiger partial charge in [-0.1, -0.05) is 12.1 Å². The molecule has 0 radical (unpaired) electrons. The number of hydrogen-bond donors (Lipinski definition) is 1. The maximum atomic E-state index is 13.7. The first-order chi connectivity index (χ1) is 11.9. The van der Waals surface area contributed by atoms with E-state index in [0.717, 1.165) is 22.2 Å². The van der Waals surface area contributed by atoms with Crippen molar-refractivity contribution < 1.29 is 18.3 Å². The quantitative estimate of drug-likeness (QED) is 0.783. The average molecular weight is 409 g/mol. The molecule has 0 aliphatic heterocycles. The highest BCUT2D eigenvalue weighted by atomic mass is 79.9. The zero-order chi connectivity index (χ0) is 18.4. The van der Waals surface area contributed by atoms with Gasteiger partial charge in [-0.3, -0.25) is 4.79 Å². The average Bonchev–Trinajstić information content (AvgIpc) is 2.58. The number of aryl methyl sites for hydroxylation is 1. The second kappa shape index (κ2) is 8.58. The van der Waals surface area contributed by atoms with Gasteiger partial charge in [0.15, 0.2) is 0 Å². The van der Waals surface area contributed by atoms with Gasteiger partial charge in [-0.15, -0.1) is 0 Å². The van der Waals surface area contributed by atoms with Gasteiger partial charge in [-0.2, -0.15) is 5.26 Å². The zero-order valence-electron chi connectivity index (χ0n) is 13.4. The van der Waals surface area contributed by atoms with Gasteiger partial charge in [-0.05, 0) is 46.1 Å². The number of hydrogen-bond acceptors (Lipinski definition) is 3. The Kier molecular flexibility index (Phi) is 6.48. The molecule has 1 unspecified atom stereocenters. The van der Waals surface area contributed by atoms with E-state index in [2.05, 4.69) is 21.2 Å². The molecule has 0 saturated heterocycles. The van der Waals surface area contributed by atoms with Crippen molar-refractivity contribution in [3.8, 4) is 11.8 Å². The molecule has 25 heavy (non-hydrogen) atoms. The Morgan fingerprint density at radius 1 is 1.32 bits per heavy atom. The van der Waals surface area contributed by atoms with Gasteiger partial charge in [0.2, 0.25) is 5.91 Å². The van der Waals surface area contributed by atoms with Crippen LogP contribution in [-0.4, -0.2) is 13.0 Å². The van der Waals surface area contributed by atoms with Gasteiger partial charge in [0.05, 0.1) is 17.7 Å². The molecular weight excluding hydrogens is 394 g/mol. The number of halogens is 3. The lowest BCUT2D eigenvalue weighted by molar-refractivity contribution is -0.121. The van der Waals surface area contributed by atoms with E-state index >= 15 is 0 Å². The van der Waals surface area contributed by atoms with E-state index in [4.69, 9.17) is 10.00 Å². The van der Waals surface area contributed by atoms with Crippen LogP contribution in [0.2, 0.25) is 0 Å². The van der Waals surface area contributed by atoms with E-state index in [-0.39, 0.29) is 12.0 Å². The number of nitrogens with zero attached hydrogens (tertiary/aromatic N) is 1. The number of nitrogens with one attached hydrogen (secondary N) is 1. The Morgan fingerprint density at radius 3 is 2.68 bits per heavy atom. The number of carbonyl (C=O) groups excluding carboxylic acids is 1. The zero-order valence-corrected chi connectivity index (χ0v) is 14.9. The van der Waals surface area contributed by atoms with Crippen molar-refractivity contribution in [2.45, 2.75) is 18.9 Å². The molecular formula is C18H15BrF2N2O2. The minimum atomic E-state index is -1.17. The van der Waals surface area contributed by atoms with Crippen LogP contribution >= 0.6 is 15.9 Å². The van der Waals surface area contributed by atoms with E-state index in [9.17, 15) is 13.6 Å². The molecule has 2 rings (SSSR count). The minimum Gasteiger partial charge on any atom is -0.496 e. The number of methoxy groups -OCH3 is 1. The van der Waals surface area contributed by atoms with Crippen LogP contribution in [0.1, 0.15) is 23.6 Å². The maximum Gasteiger partial charge on any atom is 0.221 e. The molecule has 0 spiro atoms. The summed E-state index contributed by atoms with van der Waals surface area (Å²) in [4.78, 5) is 12.1. The number of amides is 1. The van der Waals surface area contributed by atoms with Crippen LogP contribution in [0.25, 0.3) is 0 Å². The number of rotatable bonds is 6. The molecule has 0 saturated carbocycles. The summed E-state index contributed by atoms with van der Waals surface area (Å²) in [5, 5.41) is 11.6. The van der Waals surface area contributed by atoms with Gasteiger partial charge in [0, 0.05) is 18.1 Å². The largest absolute Gasteiger partial charge is 0.496 e. The van der Waals surface area contributed by atoms with Crippen LogP contribution in [0, 0.1) is 23.0 Å². The molecule has 0 heterocycles. The lowest BCUT2D eigenvalue weighted by Gasteiger charge is -2.13. The summed E-state index contributed by atoms with van der Waals surface area (Å²) in [5.74, 6) is -1.33. The predicted octanol–water partition coefficient (Wildman–Crippen LogP) is 4.05. The summed E-state index contributed by atoms with van der Waals surface area (Å²) < 4.78 is 32.6. The SMILES string of the molecule is COc1ccc(CCC(=O)NC(C#N)c2ccc(F)cc2F)cc1Br. The highest BCUT2D eigenvalue weighted by Gasteiger charge is 2.18. The fraction of sp³-hybridized carbons (Fsp3) is 0.222. The van der Waals surface area contributed by atoms with Gasteiger partial charge < -0.3 is 10.1 Å². The summed E-state index contributed by atoms with van der Waals surface area (Å²) in [6.07, 6.45) is 0.568. The third-order valence-corrected chi connectivity index (χ3v) is 4.18. The molecule has 2 aromatic carbocycles. The van der Waals surface area contributed by atoms with Crippen molar-refractivity contribution >= 4 is 21.8 Å². The van der Waals surface area contributed by atoms with Crippen LogP contribution in [0.5, 0.6) is 5.75 Å². The summed E-state index contributed by atoms with van der Waals surface area (Å²) in [6, 6.07) is 8.98. The Balaban J connectivity index is 1.98. The van der Waals surface area contributed by atoms with E-state index in [1.807, 2.05) is 18.2 Å². The van der Waals surface area contributed by atoms with Crippen LogP contribution in [0.15, 0.2) is 40.9 Å². The minimum absolute atomic E-state index is 0.0653. The summed E-state index contributed by atoms with van der Waals surface area (Å²) >= 11 is 3.37. The highest BCUT2D eigenvalue weighted by molar-refractivity contribution is 9.10. The summed E-state index contributed by atoms with van der Waals surface area (Å²) in [5.41, 5.74) is 0.841. The normalized spacial score (nSPS) is 11.5. The van der Waals surface area contributed by atoms with Gasteiger partial charge in [0.1, 0.15) is 23.4 Å². The maximum absolute atomic E-state index is 13.7. The second-order valence-corrected chi connectivity index (χ2v) is 6.12. The topological polar surface area (TPSA) is 62.1 Å². The van der Waals surface area contributed by atoms with E-state index < -0.39 is 23.6 Å². The molecule has 0 bridgehead atoms. The Morgan fingerprint density at radius 2 is 2.08 bits per heavy atom. The molecule has 0 fully saturated rings. The molecule has 2 aromatic rings. The first-order valence-corrected chi connectivity index (χ1v) is 8.20. The molecule has 1 N–H and O–H groups in total. The highest BCUT2D eigenvalue weighted by Crippen LogP contribution is 2.26. The van der Waals surface area contributed by atoms with Crippen LogP contribution in [-0.2, 0) is 11.2 Å². The van der Waals surface area contributed by atoms with Gasteiger partial charge >= 0.3 is 0 Å². The van der Waals surface area contributed by atoms with Crippen LogP contribution < -0.4 is 10.1 Å². The number of nitriles is 1. The Labute approximate surface area is 152 Å². The molecule has 7 heteroatoms. The molecule has 0 aliphatic carbocycles. The smallest absolute Gasteiger partial charge is 0.221 e. The fourth-order valence-corrected chi connectivity index (χ4v) is 2.86. The first kappa shape index (κ1) is 18.9. The fourth-order valence-electron chi connectivity index (χ4n) is 2.27. The van der Waals surface area contributed by atoms with E-state index in [0.29, 0.717) is 18.2 Å². The lowest BCUT2D eigenvalue weighted by atomic mass is 10.1. The Hall–Kier alpha value is -2.46. The van der Waals surface area contributed by atoms with Crippen molar-refractivity contribution in [2.75, 3.05) is 7.11 Å². The molecule has 130 valence electrons. The van der Waals surface area contributed by atoms with Crippen molar-refractivity contribution in [3.63, 3.8) is 0 Å². The molecule has 4 nitrogen and oxygen atoms in total. The third-order valence-electron chi connectivity index (χ3n) is 3.56. The summed E-state index contributed by atoms with van der Waals surface area (Å²) in [7, 11) is 1.56. The molecule has 0 aromatic heterocycles. The van der Waals surface area contributed by atoms with Crippen molar-refractivity contribution in [3.05, 3.63) is 63.6 Å². The van der Waals surface area contributed by atoms with Crippen LogP contribution in [0.3, 0.4) is 0 Å². The predicted molar refractivity (Wildman–Crippen MR) is 91.9 cm³/mol. The van der Waals surface area contributed by atoms with Crippen LogP contribution in [0.4, 0.5) is 8.78 Å². The van der Waals surface area contributed by atoms with E-state index in [1.165, 1.54) is 0 Å². The van der Waals surface area contributed by atoms with Gasteiger partial charge in [0.25, 0.3) is 0 Å². The van der Waals surface area contributed by atoms with Crippen molar-refractivity contribution in [1.82, 2.24) is 5.32 Å². The lowest BCUT2D eigenvalue weighted by Crippen LogP contribution is -2.28. The molecule has 0 aliphatic rings. The van der Waals surface area contributed by atoms with Gasteiger partial charge in [-0.25, -0.2) is 8.78 Å². The Bertz CT molecular complexity index is 821. The number of benzene rings is 2. The number of ether oxygens (including phenoxy) is 1. The number of carbonyl (C=O) groups is 1. The van der Waals surface area contributed by atoms with E-state index in [1.54, 1.807) is 13.2 Å².